The van der Waals surface area contributed by atoms with E-state index in [0.717, 1.165) is 16.9 Å². The molecule has 1 saturated carbocycles. The fourth-order valence-electron chi connectivity index (χ4n) is 2.56. The number of nitrogens with zero attached hydrogens (tertiary/aromatic N) is 2. The van der Waals surface area contributed by atoms with Crippen LogP contribution in [0.5, 0.6) is 0 Å². The standard InChI is InChI=1S/C17H14N2O3S/c20-17(14-7-13(14)11-3-1-5-18-8-11)21-10-12-9-19-16(22-12)15-4-2-6-23-15/h1-6,8-9,13-14H,7,10H2/t13-,14-/m1/s1. The summed E-state index contributed by atoms with van der Waals surface area (Å²) >= 11 is 1.56. The van der Waals surface area contributed by atoms with Gasteiger partial charge in [0, 0.05) is 12.4 Å². The Morgan fingerprint density at radius 1 is 1.35 bits per heavy atom. The first-order valence-corrected chi connectivity index (χ1v) is 8.24. The number of carbonyl (C=O) groups is 1. The molecule has 1 aliphatic carbocycles. The van der Waals surface area contributed by atoms with Gasteiger partial charge >= 0.3 is 5.97 Å². The normalized spacial score (nSPS) is 19.5. The first-order valence-electron chi connectivity index (χ1n) is 7.36. The summed E-state index contributed by atoms with van der Waals surface area (Å²) in [5.41, 5.74) is 1.09. The molecule has 0 bridgehead atoms. The highest BCUT2D eigenvalue weighted by atomic mass is 32.1. The SMILES string of the molecule is O=C(OCc1cnc(-c2cccs2)o1)[C@@H]1C[C@@H]1c1cccnc1. The van der Waals surface area contributed by atoms with Gasteiger partial charge in [-0.3, -0.25) is 9.78 Å². The van der Waals surface area contributed by atoms with E-state index in [2.05, 4.69) is 9.97 Å². The maximum Gasteiger partial charge on any atom is 0.310 e. The van der Waals surface area contributed by atoms with E-state index in [0.29, 0.717) is 11.7 Å². The van der Waals surface area contributed by atoms with Crippen molar-refractivity contribution in [2.45, 2.75) is 18.9 Å². The lowest BCUT2D eigenvalue weighted by molar-refractivity contribution is -0.147. The molecule has 0 aromatic carbocycles. The first kappa shape index (κ1) is 14.1. The number of rotatable bonds is 5. The van der Waals surface area contributed by atoms with Crippen molar-refractivity contribution in [2.24, 2.45) is 5.92 Å². The molecule has 4 rings (SSSR count). The number of aromatic nitrogens is 2. The molecule has 3 aromatic heterocycles. The average molecular weight is 326 g/mol. The van der Waals surface area contributed by atoms with Gasteiger partial charge < -0.3 is 9.15 Å². The van der Waals surface area contributed by atoms with E-state index in [-0.39, 0.29) is 24.4 Å². The number of hydrogen-bond donors (Lipinski definition) is 0. The van der Waals surface area contributed by atoms with Gasteiger partial charge in [-0.1, -0.05) is 12.1 Å². The Morgan fingerprint density at radius 3 is 3.09 bits per heavy atom. The van der Waals surface area contributed by atoms with Crippen LogP contribution >= 0.6 is 11.3 Å². The van der Waals surface area contributed by atoms with Crippen molar-refractivity contribution in [1.82, 2.24) is 9.97 Å². The van der Waals surface area contributed by atoms with Crippen molar-refractivity contribution in [3.05, 3.63) is 59.6 Å². The fraction of sp³-hybridized carbons (Fsp3) is 0.235. The van der Waals surface area contributed by atoms with E-state index in [4.69, 9.17) is 9.15 Å². The van der Waals surface area contributed by atoms with Crippen molar-refractivity contribution >= 4 is 17.3 Å². The van der Waals surface area contributed by atoms with Crippen molar-refractivity contribution in [1.29, 1.82) is 0 Å². The van der Waals surface area contributed by atoms with Gasteiger partial charge in [0.15, 0.2) is 12.4 Å². The zero-order valence-corrected chi connectivity index (χ0v) is 13.0. The summed E-state index contributed by atoms with van der Waals surface area (Å²) in [6, 6.07) is 7.76. The lowest BCUT2D eigenvalue weighted by atomic mass is 10.1. The van der Waals surface area contributed by atoms with Gasteiger partial charge in [0.25, 0.3) is 0 Å². The number of esters is 1. The third-order valence-corrected chi connectivity index (χ3v) is 4.71. The number of thiophene rings is 1. The second-order valence-corrected chi connectivity index (χ2v) is 6.40. The van der Waals surface area contributed by atoms with E-state index < -0.39 is 0 Å². The van der Waals surface area contributed by atoms with Gasteiger partial charge in [-0.25, -0.2) is 4.98 Å². The predicted octanol–water partition coefficient (Wildman–Crippen LogP) is 3.65. The molecule has 5 nitrogen and oxygen atoms in total. The molecule has 0 saturated heterocycles. The Hall–Kier alpha value is -2.47. The van der Waals surface area contributed by atoms with Crippen LogP contribution in [-0.2, 0) is 16.1 Å². The largest absolute Gasteiger partial charge is 0.457 e. The lowest BCUT2D eigenvalue weighted by Crippen LogP contribution is -2.07. The van der Waals surface area contributed by atoms with Crippen molar-refractivity contribution < 1.29 is 13.9 Å². The van der Waals surface area contributed by atoms with Gasteiger partial charge in [0.1, 0.15) is 0 Å². The maximum absolute atomic E-state index is 12.1. The topological polar surface area (TPSA) is 65.2 Å². The van der Waals surface area contributed by atoms with Crippen LogP contribution in [0.25, 0.3) is 10.8 Å². The summed E-state index contributed by atoms with van der Waals surface area (Å²) in [4.78, 5) is 21.3. The minimum atomic E-state index is -0.187. The second-order valence-electron chi connectivity index (χ2n) is 5.45. The molecule has 23 heavy (non-hydrogen) atoms. The molecule has 116 valence electrons. The molecule has 0 unspecified atom stereocenters. The molecule has 0 aliphatic heterocycles. The number of carbonyl (C=O) groups excluding carboxylic acids is 1. The molecule has 1 fully saturated rings. The Kier molecular flexibility index (Phi) is 3.67. The zero-order chi connectivity index (χ0) is 15.6. The maximum atomic E-state index is 12.1. The Bertz CT molecular complexity index is 798. The smallest absolute Gasteiger partial charge is 0.310 e. The summed E-state index contributed by atoms with van der Waals surface area (Å²) in [6.07, 6.45) is 5.96. The fourth-order valence-corrected chi connectivity index (χ4v) is 3.21. The van der Waals surface area contributed by atoms with Gasteiger partial charge in [0.2, 0.25) is 5.89 Å². The van der Waals surface area contributed by atoms with Crippen molar-refractivity contribution in [3.8, 4) is 10.8 Å². The molecule has 6 heteroatoms. The van der Waals surface area contributed by atoms with E-state index in [1.54, 1.807) is 23.7 Å². The predicted molar refractivity (Wildman–Crippen MR) is 84.7 cm³/mol. The highest BCUT2D eigenvalue weighted by molar-refractivity contribution is 7.13. The molecule has 1 aliphatic rings. The average Bonchev–Trinajstić information content (AvgIpc) is 2.99. The highest BCUT2D eigenvalue weighted by Crippen LogP contribution is 2.47. The van der Waals surface area contributed by atoms with Crippen LogP contribution in [0.3, 0.4) is 0 Å². The van der Waals surface area contributed by atoms with Crippen molar-refractivity contribution in [2.75, 3.05) is 0 Å². The molecule has 0 spiro atoms. The van der Waals surface area contributed by atoms with Crippen LogP contribution in [0, 0.1) is 5.92 Å². The number of hydrogen-bond acceptors (Lipinski definition) is 6. The van der Waals surface area contributed by atoms with Crippen LogP contribution < -0.4 is 0 Å². The van der Waals surface area contributed by atoms with Gasteiger partial charge in [-0.2, -0.15) is 0 Å². The zero-order valence-electron chi connectivity index (χ0n) is 12.2. The van der Waals surface area contributed by atoms with E-state index in [1.165, 1.54) is 0 Å². The highest BCUT2D eigenvalue weighted by Gasteiger charge is 2.45. The number of pyridine rings is 1. The second kappa shape index (κ2) is 5.96. The van der Waals surface area contributed by atoms with Crippen molar-refractivity contribution in [3.63, 3.8) is 0 Å². The van der Waals surface area contributed by atoms with Crippen LogP contribution in [0.1, 0.15) is 23.7 Å². The molecular formula is C17H14N2O3S. The van der Waals surface area contributed by atoms with Crippen LogP contribution in [0.15, 0.2) is 52.7 Å². The summed E-state index contributed by atoms with van der Waals surface area (Å²) in [7, 11) is 0. The minimum absolute atomic E-state index is 0.0705. The molecule has 3 aromatic rings. The van der Waals surface area contributed by atoms with Crippen LogP contribution in [-0.4, -0.2) is 15.9 Å². The third kappa shape index (κ3) is 3.03. The minimum Gasteiger partial charge on any atom is -0.457 e. The lowest BCUT2D eigenvalue weighted by Gasteiger charge is -2.02. The quantitative estimate of drug-likeness (QED) is 0.670. The summed E-state index contributed by atoms with van der Waals surface area (Å²) < 4.78 is 10.9. The summed E-state index contributed by atoms with van der Waals surface area (Å²) in [5.74, 6) is 1.09. The van der Waals surface area contributed by atoms with Gasteiger partial charge in [-0.05, 0) is 35.4 Å². The first-order chi connectivity index (χ1) is 11.3. The molecule has 0 N–H and O–H groups in total. The Balaban J connectivity index is 1.33. The van der Waals surface area contributed by atoms with Crippen LogP contribution in [0.4, 0.5) is 0 Å². The summed E-state index contributed by atoms with van der Waals surface area (Å²) in [5, 5.41) is 1.96. The monoisotopic (exact) mass is 326 g/mol. The Labute approximate surface area is 137 Å². The molecular weight excluding hydrogens is 312 g/mol. The van der Waals surface area contributed by atoms with E-state index in [1.807, 2.05) is 35.8 Å². The number of ether oxygens (including phenoxy) is 1. The number of oxazole rings is 1. The Morgan fingerprint density at radius 2 is 2.30 bits per heavy atom. The van der Waals surface area contributed by atoms with E-state index >= 15 is 0 Å². The van der Waals surface area contributed by atoms with Gasteiger partial charge in [-0.15, -0.1) is 11.3 Å². The third-order valence-electron chi connectivity index (χ3n) is 3.85. The summed E-state index contributed by atoms with van der Waals surface area (Å²) in [6.45, 7) is 0.119. The molecule has 0 radical (unpaired) electrons. The van der Waals surface area contributed by atoms with E-state index in [9.17, 15) is 4.79 Å². The molecule has 2 atom stereocenters. The van der Waals surface area contributed by atoms with Gasteiger partial charge in [0.05, 0.1) is 17.0 Å². The molecule has 3 heterocycles. The van der Waals surface area contributed by atoms with Crippen LogP contribution in [0.2, 0.25) is 0 Å². The molecule has 0 amide bonds.